The van der Waals surface area contributed by atoms with Gasteiger partial charge in [-0.15, -0.1) is 0 Å². The molecule has 1 aliphatic heterocycles. The van der Waals surface area contributed by atoms with Crippen LogP contribution in [0.4, 0.5) is 10.1 Å². The van der Waals surface area contributed by atoms with Crippen LogP contribution in [-0.4, -0.2) is 31.7 Å². The van der Waals surface area contributed by atoms with E-state index in [2.05, 4.69) is 21.2 Å². The average Bonchev–Trinajstić information content (AvgIpc) is 2.64. The molecule has 144 valence electrons. The Morgan fingerprint density at radius 2 is 1.78 bits per heavy atom. The van der Waals surface area contributed by atoms with Crippen molar-refractivity contribution in [3.05, 3.63) is 58.3 Å². The summed E-state index contributed by atoms with van der Waals surface area (Å²) in [6, 6.07) is 10.4. The zero-order valence-electron chi connectivity index (χ0n) is 14.8. The molecule has 0 bridgehead atoms. The summed E-state index contributed by atoms with van der Waals surface area (Å²) in [5.74, 6) is -0.820. The van der Waals surface area contributed by atoms with E-state index >= 15 is 0 Å². The Morgan fingerprint density at radius 3 is 2.37 bits per heavy atom. The maximum Gasteiger partial charge on any atom is 0.243 e. The van der Waals surface area contributed by atoms with Gasteiger partial charge in [0.15, 0.2) is 0 Å². The van der Waals surface area contributed by atoms with E-state index in [0.29, 0.717) is 12.8 Å². The van der Waals surface area contributed by atoms with Crippen molar-refractivity contribution in [1.82, 2.24) is 4.31 Å². The molecule has 0 aromatic heterocycles. The summed E-state index contributed by atoms with van der Waals surface area (Å²) in [6.07, 6.45) is 0.893. The van der Waals surface area contributed by atoms with E-state index < -0.39 is 15.8 Å². The number of halogens is 2. The van der Waals surface area contributed by atoms with Crippen molar-refractivity contribution in [1.29, 1.82) is 0 Å². The standard InChI is InChI=1S/C19H20BrFN2O3S/c1-13-12-15(20)2-7-18(13)22-19(24)14-8-10-23(11-9-14)27(25,26)17-5-3-16(21)4-6-17/h2-7,12,14H,8-11H2,1H3,(H,22,24). The highest BCUT2D eigenvalue weighted by atomic mass is 79.9. The molecule has 1 heterocycles. The lowest BCUT2D eigenvalue weighted by molar-refractivity contribution is -0.120. The largest absolute Gasteiger partial charge is 0.326 e. The highest BCUT2D eigenvalue weighted by Gasteiger charge is 2.32. The highest BCUT2D eigenvalue weighted by molar-refractivity contribution is 9.10. The van der Waals surface area contributed by atoms with Crippen molar-refractivity contribution >= 4 is 37.5 Å². The second kappa shape index (κ2) is 8.08. The predicted octanol–water partition coefficient (Wildman–Crippen LogP) is 3.94. The summed E-state index contributed by atoms with van der Waals surface area (Å²) in [6.45, 7) is 2.44. The van der Waals surface area contributed by atoms with Gasteiger partial charge in [-0.1, -0.05) is 15.9 Å². The molecule has 0 saturated carbocycles. The van der Waals surface area contributed by atoms with Gasteiger partial charge in [0.05, 0.1) is 4.90 Å². The lowest BCUT2D eigenvalue weighted by atomic mass is 9.97. The Kier molecular flexibility index (Phi) is 5.98. The smallest absolute Gasteiger partial charge is 0.243 e. The first-order chi connectivity index (χ1) is 12.8. The third-order valence-corrected chi connectivity index (χ3v) is 7.13. The molecule has 1 aliphatic rings. The van der Waals surface area contributed by atoms with Crippen molar-refractivity contribution in [2.45, 2.75) is 24.7 Å². The minimum Gasteiger partial charge on any atom is -0.326 e. The van der Waals surface area contributed by atoms with Gasteiger partial charge < -0.3 is 5.32 Å². The van der Waals surface area contributed by atoms with Crippen LogP contribution in [0, 0.1) is 18.7 Å². The molecule has 27 heavy (non-hydrogen) atoms. The van der Waals surface area contributed by atoms with Crippen LogP contribution in [0.3, 0.4) is 0 Å². The summed E-state index contributed by atoms with van der Waals surface area (Å²) in [4.78, 5) is 12.6. The Bertz CT molecular complexity index is 940. The molecule has 2 aromatic carbocycles. The molecule has 1 amide bonds. The van der Waals surface area contributed by atoms with Gasteiger partial charge in [0.1, 0.15) is 5.82 Å². The predicted molar refractivity (Wildman–Crippen MR) is 105 cm³/mol. The summed E-state index contributed by atoms with van der Waals surface area (Å²) >= 11 is 3.39. The zero-order chi connectivity index (χ0) is 19.6. The monoisotopic (exact) mass is 454 g/mol. The number of sulfonamides is 1. The number of anilines is 1. The molecule has 0 spiro atoms. The minimum absolute atomic E-state index is 0.0669. The summed E-state index contributed by atoms with van der Waals surface area (Å²) in [7, 11) is -3.67. The molecule has 2 aromatic rings. The summed E-state index contributed by atoms with van der Waals surface area (Å²) in [5.41, 5.74) is 1.71. The number of benzene rings is 2. The first-order valence-corrected chi connectivity index (χ1v) is 10.8. The van der Waals surface area contributed by atoms with Crippen LogP contribution in [0.2, 0.25) is 0 Å². The Morgan fingerprint density at radius 1 is 1.15 bits per heavy atom. The van der Waals surface area contributed by atoms with Gasteiger partial charge in [0.2, 0.25) is 15.9 Å². The van der Waals surface area contributed by atoms with Gasteiger partial charge in [0, 0.05) is 29.2 Å². The molecule has 0 aliphatic carbocycles. The molecule has 8 heteroatoms. The van der Waals surface area contributed by atoms with E-state index in [1.165, 1.54) is 16.4 Å². The van der Waals surface area contributed by atoms with Crippen LogP contribution in [-0.2, 0) is 14.8 Å². The van der Waals surface area contributed by atoms with E-state index in [1.807, 2.05) is 25.1 Å². The lowest BCUT2D eigenvalue weighted by Crippen LogP contribution is -2.41. The van der Waals surface area contributed by atoms with E-state index in [4.69, 9.17) is 0 Å². The number of rotatable bonds is 4. The first kappa shape index (κ1) is 20.0. The minimum atomic E-state index is -3.67. The maximum atomic E-state index is 13.0. The fraction of sp³-hybridized carbons (Fsp3) is 0.316. The Labute approximate surface area is 166 Å². The van der Waals surface area contributed by atoms with E-state index in [1.54, 1.807) is 0 Å². The SMILES string of the molecule is Cc1cc(Br)ccc1NC(=O)C1CCN(S(=O)(=O)c2ccc(F)cc2)CC1. The van der Waals surface area contributed by atoms with Crippen LogP contribution in [0.5, 0.6) is 0 Å². The third-order valence-electron chi connectivity index (χ3n) is 4.72. The number of amides is 1. The number of piperidine rings is 1. The normalized spacial score (nSPS) is 16.3. The van der Waals surface area contributed by atoms with Gasteiger partial charge in [-0.25, -0.2) is 12.8 Å². The number of hydrogen-bond acceptors (Lipinski definition) is 3. The molecule has 1 N–H and O–H groups in total. The lowest BCUT2D eigenvalue weighted by Gasteiger charge is -2.30. The molecular weight excluding hydrogens is 435 g/mol. The number of nitrogens with one attached hydrogen (secondary N) is 1. The van der Waals surface area contributed by atoms with Crippen molar-refractivity contribution < 1.29 is 17.6 Å². The van der Waals surface area contributed by atoms with Crippen LogP contribution in [0.15, 0.2) is 51.8 Å². The van der Waals surface area contributed by atoms with Gasteiger partial charge >= 0.3 is 0 Å². The number of carbonyl (C=O) groups excluding carboxylic acids is 1. The molecular formula is C19H20BrFN2O3S. The summed E-state index contributed by atoms with van der Waals surface area (Å²) in [5, 5.41) is 2.93. The second-order valence-corrected chi connectivity index (χ2v) is 9.43. The molecule has 0 radical (unpaired) electrons. The number of hydrogen-bond donors (Lipinski definition) is 1. The molecule has 1 fully saturated rings. The topological polar surface area (TPSA) is 66.5 Å². The fourth-order valence-electron chi connectivity index (χ4n) is 3.12. The highest BCUT2D eigenvalue weighted by Crippen LogP contribution is 2.26. The van der Waals surface area contributed by atoms with Gasteiger partial charge in [0.25, 0.3) is 0 Å². The third kappa shape index (κ3) is 4.56. The van der Waals surface area contributed by atoms with Crippen LogP contribution in [0.1, 0.15) is 18.4 Å². The van der Waals surface area contributed by atoms with Crippen molar-refractivity contribution in [2.24, 2.45) is 5.92 Å². The van der Waals surface area contributed by atoms with Crippen molar-refractivity contribution in [2.75, 3.05) is 18.4 Å². The van der Waals surface area contributed by atoms with E-state index in [-0.39, 0.29) is 29.8 Å². The average molecular weight is 455 g/mol. The van der Waals surface area contributed by atoms with Crippen LogP contribution in [0.25, 0.3) is 0 Å². The Balaban J connectivity index is 1.62. The molecule has 0 atom stereocenters. The summed E-state index contributed by atoms with van der Waals surface area (Å²) < 4.78 is 40.6. The van der Waals surface area contributed by atoms with Crippen LogP contribution < -0.4 is 5.32 Å². The second-order valence-electron chi connectivity index (χ2n) is 6.58. The molecule has 0 unspecified atom stereocenters. The van der Waals surface area contributed by atoms with Crippen LogP contribution >= 0.6 is 15.9 Å². The van der Waals surface area contributed by atoms with Crippen molar-refractivity contribution in [3.8, 4) is 0 Å². The fourth-order valence-corrected chi connectivity index (χ4v) is 5.06. The Hall–Kier alpha value is -1.77. The van der Waals surface area contributed by atoms with E-state index in [9.17, 15) is 17.6 Å². The number of carbonyl (C=O) groups is 1. The van der Waals surface area contributed by atoms with Crippen molar-refractivity contribution in [3.63, 3.8) is 0 Å². The van der Waals surface area contributed by atoms with Gasteiger partial charge in [-0.2, -0.15) is 4.31 Å². The number of aryl methyl sites for hydroxylation is 1. The quantitative estimate of drug-likeness (QED) is 0.760. The van der Waals surface area contributed by atoms with Gasteiger partial charge in [-0.3, -0.25) is 4.79 Å². The molecule has 1 saturated heterocycles. The van der Waals surface area contributed by atoms with E-state index in [0.717, 1.165) is 27.9 Å². The first-order valence-electron chi connectivity index (χ1n) is 8.60. The van der Waals surface area contributed by atoms with Gasteiger partial charge in [-0.05, 0) is 67.8 Å². The zero-order valence-corrected chi connectivity index (χ0v) is 17.2. The molecule has 3 rings (SSSR count). The molecule has 5 nitrogen and oxygen atoms in total. The number of nitrogens with zero attached hydrogens (tertiary/aromatic N) is 1. The maximum absolute atomic E-state index is 13.0.